The highest BCUT2D eigenvalue weighted by atomic mass is 79.9. The normalized spacial score (nSPS) is 12.0. The Morgan fingerprint density at radius 2 is 2.00 bits per heavy atom. The quantitative estimate of drug-likeness (QED) is 0.710. The topological polar surface area (TPSA) is 101 Å². The van der Waals surface area contributed by atoms with Crippen molar-refractivity contribution in [1.82, 2.24) is 9.97 Å². The summed E-state index contributed by atoms with van der Waals surface area (Å²) in [5.74, 6) is 0.121. The second-order valence-corrected chi connectivity index (χ2v) is 5.86. The molecule has 0 saturated heterocycles. The van der Waals surface area contributed by atoms with E-state index < -0.39 is 6.04 Å². The third-order valence-electron chi connectivity index (χ3n) is 2.67. The SMILES string of the molecule is NC(Cc1ccc(O)cc1)C(=O)Nc1ncc(Br)nc1Br. The highest BCUT2D eigenvalue weighted by Gasteiger charge is 2.16. The molecule has 1 aromatic heterocycles. The second-order valence-electron chi connectivity index (χ2n) is 4.30. The van der Waals surface area contributed by atoms with Crippen LogP contribution in [-0.4, -0.2) is 27.0 Å². The Morgan fingerprint density at radius 1 is 1.33 bits per heavy atom. The maximum absolute atomic E-state index is 12.0. The molecule has 0 bridgehead atoms. The van der Waals surface area contributed by atoms with E-state index in [1.807, 2.05) is 0 Å². The van der Waals surface area contributed by atoms with Crippen LogP contribution >= 0.6 is 31.9 Å². The van der Waals surface area contributed by atoms with Gasteiger partial charge in [0.1, 0.15) is 15.0 Å². The van der Waals surface area contributed by atoms with Gasteiger partial charge in [0.05, 0.1) is 12.2 Å². The van der Waals surface area contributed by atoms with Crippen LogP contribution < -0.4 is 11.1 Å². The summed E-state index contributed by atoms with van der Waals surface area (Å²) in [5.41, 5.74) is 6.73. The molecule has 1 atom stereocenters. The summed E-state index contributed by atoms with van der Waals surface area (Å²) in [4.78, 5) is 20.1. The Bertz CT molecular complexity index is 649. The number of halogens is 2. The van der Waals surface area contributed by atoms with E-state index in [0.717, 1.165) is 5.56 Å². The van der Waals surface area contributed by atoms with Gasteiger partial charge < -0.3 is 16.2 Å². The van der Waals surface area contributed by atoms with E-state index in [1.54, 1.807) is 24.3 Å². The molecule has 2 rings (SSSR count). The van der Waals surface area contributed by atoms with Crippen molar-refractivity contribution in [3.8, 4) is 5.75 Å². The number of carbonyl (C=O) groups is 1. The molecule has 0 fully saturated rings. The summed E-state index contributed by atoms with van der Waals surface area (Å²) in [7, 11) is 0. The van der Waals surface area contributed by atoms with Crippen molar-refractivity contribution < 1.29 is 9.90 Å². The van der Waals surface area contributed by atoms with Crippen molar-refractivity contribution in [2.24, 2.45) is 5.73 Å². The largest absolute Gasteiger partial charge is 0.508 e. The van der Waals surface area contributed by atoms with Crippen LogP contribution in [0, 0.1) is 0 Å². The molecule has 0 aliphatic heterocycles. The van der Waals surface area contributed by atoms with E-state index in [0.29, 0.717) is 21.4 Å². The van der Waals surface area contributed by atoms with Gasteiger partial charge in [-0.15, -0.1) is 0 Å². The number of aromatic nitrogens is 2. The number of hydrogen-bond acceptors (Lipinski definition) is 5. The number of amides is 1. The van der Waals surface area contributed by atoms with Gasteiger partial charge in [-0.3, -0.25) is 4.79 Å². The van der Waals surface area contributed by atoms with Crippen LogP contribution in [0.4, 0.5) is 5.82 Å². The number of anilines is 1. The van der Waals surface area contributed by atoms with Crippen LogP contribution in [0.25, 0.3) is 0 Å². The van der Waals surface area contributed by atoms with Gasteiger partial charge in [0, 0.05) is 0 Å². The van der Waals surface area contributed by atoms with Crippen LogP contribution in [0.1, 0.15) is 5.56 Å². The van der Waals surface area contributed by atoms with E-state index in [1.165, 1.54) is 6.20 Å². The molecule has 110 valence electrons. The molecule has 21 heavy (non-hydrogen) atoms. The summed E-state index contributed by atoms with van der Waals surface area (Å²) in [5, 5.41) is 11.8. The van der Waals surface area contributed by atoms with E-state index in [4.69, 9.17) is 5.73 Å². The zero-order valence-electron chi connectivity index (χ0n) is 10.8. The summed E-state index contributed by atoms with van der Waals surface area (Å²) in [6.45, 7) is 0. The van der Waals surface area contributed by atoms with Crippen molar-refractivity contribution in [3.63, 3.8) is 0 Å². The predicted octanol–water partition coefficient (Wildman–Crippen LogP) is 2.22. The molecule has 1 heterocycles. The van der Waals surface area contributed by atoms with Gasteiger partial charge in [-0.2, -0.15) is 0 Å². The maximum Gasteiger partial charge on any atom is 0.242 e. The second kappa shape index (κ2) is 6.97. The molecule has 8 heteroatoms. The first-order chi connectivity index (χ1) is 9.95. The monoisotopic (exact) mass is 414 g/mol. The first-order valence-electron chi connectivity index (χ1n) is 5.98. The first kappa shape index (κ1) is 15.9. The van der Waals surface area contributed by atoms with Crippen LogP contribution in [0.15, 0.2) is 39.7 Å². The summed E-state index contributed by atoms with van der Waals surface area (Å²) in [6.07, 6.45) is 1.83. The number of nitrogens with one attached hydrogen (secondary N) is 1. The molecule has 0 aliphatic rings. The molecule has 1 aromatic carbocycles. The average molecular weight is 416 g/mol. The van der Waals surface area contributed by atoms with Crippen LogP contribution in [-0.2, 0) is 11.2 Å². The number of phenols is 1. The van der Waals surface area contributed by atoms with Crippen molar-refractivity contribution >= 4 is 43.6 Å². The third kappa shape index (κ3) is 4.48. The number of rotatable bonds is 4. The van der Waals surface area contributed by atoms with Gasteiger partial charge >= 0.3 is 0 Å². The Morgan fingerprint density at radius 3 is 2.62 bits per heavy atom. The molecule has 0 aliphatic carbocycles. The van der Waals surface area contributed by atoms with Crippen molar-refractivity contribution in [1.29, 1.82) is 0 Å². The summed E-state index contributed by atoms with van der Waals surface area (Å²) < 4.78 is 0.975. The van der Waals surface area contributed by atoms with Gasteiger partial charge in [-0.05, 0) is 56.0 Å². The molecule has 1 unspecified atom stereocenters. The standard InChI is InChI=1S/C13H12Br2N4O2/c14-10-6-17-12(11(15)18-10)19-13(21)9(16)5-7-1-3-8(20)4-2-7/h1-4,6,9,20H,5,16H2,(H,17,19,21). The molecular formula is C13H12Br2N4O2. The molecule has 6 nitrogen and oxygen atoms in total. The molecular weight excluding hydrogens is 404 g/mol. The fraction of sp³-hybridized carbons (Fsp3) is 0.154. The number of nitrogens with zero attached hydrogens (tertiary/aromatic N) is 2. The first-order valence-corrected chi connectivity index (χ1v) is 7.56. The molecule has 0 radical (unpaired) electrons. The Hall–Kier alpha value is -1.51. The van der Waals surface area contributed by atoms with Gasteiger partial charge in [0.2, 0.25) is 5.91 Å². The minimum absolute atomic E-state index is 0.172. The van der Waals surface area contributed by atoms with E-state index in [-0.39, 0.29) is 11.7 Å². The lowest BCUT2D eigenvalue weighted by molar-refractivity contribution is -0.117. The number of hydrogen-bond donors (Lipinski definition) is 3. The van der Waals surface area contributed by atoms with Crippen molar-refractivity contribution in [2.75, 3.05) is 5.32 Å². The number of aromatic hydroxyl groups is 1. The number of phenolic OH excluding ortho intramolecular Hbond substituents is 1. The number of carbonyl (C=O) groups excluding carboxylic acids is 1. The maximum atomic E-state index is 12.0. The zero-order chi connectivity index (χ0) is 15.4. The van der Waals surface area contributed by atoms with Gasteiger partial charge in [-0.25, -0.2) is 9.97 Å². The van der Waals surface area contributed by atoms with E-state index in [2.05, 4.69) is 47.1 Å². The van der Waals surface area contributed by atoms with Crippen molar-refractivity contribution in [2.45, 2.75) is 12.5 Å². The number of benzene rings is 1. The highest BCUT2D eigenvalue weighted by Crippen LogP contribution is 2.19. The lowest BCUT2D eigenvalue weighted by atomic mass is 10.1. The Kier molecular flexibility index (Phi) is 5.27. The molecule has 1 amide bonds. The average Bonchev–Trinajstić information content (AvgIpc) is 2.44. The lowest BCUT2D eigenvalue weighted by Gasteiger charge is -2.12. The van der Waals surface area contributed by atoms with Crippen LogP contribution in [0.2, 0.25) is 0 Å². The van der Waals surface area contributed by atoms with Crippen LogP contribution in [0.5, 0.6) is 5.75 Å². The van der Waals surface area contributed by atoms with E-state index in [9.17, 15) is 9.90 Å². The van der Waals surface area contributed by atoms with E-state index >= 15 is 0 Å². The minimum Gasteiger partial charge on any atom is -0.508 e. The molecule has 4 N–H and O–H groups in total. The number of nitrogens with two attached hydrogens (primary N) is 1. The lowest BCUT2D eigenvalue weighted by Crippen LogP contribution is -2.37. The van der Waals surface area contributed by atoms with Crippen LogP contribution in [0.3, 0.4) is 0 Å². The fourth-order valence-electron chi connectivity index (χ4n) is 1.62. The summed E-state index contributed by atoms with van der Waals surface area (Å²) >= 11 is 6.39. The molecule has 0 spiro atoms. The Balaban J connectivity index is 2.00. The Labute approximate surface area is 138 Å². The van der Waals surface area contributed by atoms with Gasteiger partial charge in [-0.1, -0.05) is 12.1 Å². The smallest absolute Gasteiger partial charge is 0.242 e. The third-order valence-corrected chi connectivity index (χ3v) is 3.61. The molecule has 0 saturated carbocycles. The molecule has 2 aromatic rings. The summed E-state index contributed by atoms with van der Waals surface area (Å²) in [6, 6.07) is 5.82. The van der Waals surface area contributed by atoms with Gasteiger partial charge in [0.25, 0.3) is 0 Å². The minimum atomic E-state index is -0.730. The van der Waals surface area contributed by atoms with Gasteiger partial charge in [0.15, 0.2) is 5.82 Å². The van der Waals surface area contributed by atoms with Crippen molar-refractivity contribution in [3.05, 3.63) is 45.2 Å². The highest BCUT2D eigenvalue weighted by molar-refractivity contribution is 9.11. The zero-order valence-corrected chi connectivity index (χ0v) is 13.9. The fourth-order valence-corrected chi connectivity index (χ4v) is 2.53. The predicted molar refractivity (Wildman–Crippen MR) is 85.8 cm³/mol.